The summed E-state index contributed by atoms with van der Waals surface area (Å²) in [5, 5.41) is 14.5. The third-order valence-corrected chi connectivity index (χ3v) is 0.594. The monoisotopic (exact) mass is 168 g/mol. The van der Waals surface area contributed by atoms with Gasteiger partial charge >= 0.3 is 5.97 Å². The molecule has 0 aliphatic rings. The summed E-state index contributed by atoms with van der Waals surface area (Å²) in [4.78, 5) is 9.42. The molecule has 0 saturated carbocycles. The Kier molecular flexibility index (Phi) is 17.3. The predicted molar refractivity (Wildman–Crippen MR) is 34.9 cm³/mol. The molecule has 0 saturated heterocycles. The average molecular weight is 168 g/mol. The smallest absolute Gasteiger partial charge is 0.373 e. The van der Waals surface area contributed by atoms with E-state index in [1.807, 2.05) is 0 Å². The molecule has 2 radical (unpaired) electrons. The molecule has 7 heteroatoms. The molecule has 0 atom stereocenters. The molecule has 9 heavy (non-hydrogen) atoms. The Morgan fingerprint density at radius 3 is 1.56 bits per heavy atom. The molecule has 0 aromatic heterocycles. The molecule has 0 unspecified atom stereocenters. The molecule has 0 fully saturated rings. The first kappa shape index (κ1) is 16.7. The van der Waals surface area contributed by atoms with Crippen LogP contribution in [-0.2, 0) is 16.1 Å². The van der Waals surface area contributed by atoms with Gasteiger partial charge < -0.3 is 10.2 Å². The third-order valence-electron chi connectivity index (χ3n) is 0.262. The topological polar surface area (TPSA) is 74.6 Å². The van der Waals surface area contributed by atoms with Crippen molar-refractivity contribution in [2.24, 2.45) is 0 Å². The first-order valence-corrected chi connectivity index (χ1v) is 2.01. The molecule has 0 amide bonds. The van der Waals surface area contributed by atoms with E-state index < -0.39 is 22.3 Å². The van der Waals surface area contributed by atoms with Crippen LogP contribution in [0.4, 0.5) is 0 Å². The van der Waals surface area contributed by atoms with Crippen molar-refractivity contribution in [2.45, 2.75) is 0 Å². The molecule has 2 N–H and O–H groups in total. The number of hydrogen-bond donors (Lipinski definition) is 2. The van der Waals surface area contributed by atoms with Gasteiger partial charge in [-0.25, -0.2) is 9.00 Å². The fourth-order valence-electron chi connectivity index (χ4n) is 0.0356. The van der Waals surface area contributed by atoms with Crippen LogP contribution in [0.2, 0.25) is 0 Å². The normalized spacial score (nSPS) is 5.89. The van der Waals surface area contributed by atoms with E-state index in [1.165, 1.54) is 0 Å². The fourth-order valence-corrected chi connectivity index (χ4v) is 0.107. The molecule has 0 bridgehead atoms. The Morgan fingerprint density at radius 1 is 1.22 bits per heavy atom. The van der Waals surface area contributed by atoms with E-state index in [0.29, 0.717) is 0 Å². The zero-order valence-corrected chi connectivity index (χ0v) is 9.94. The van der Waals surface area contributed by atoms with E-state index in [0.717, 1.165) is 0 Å². The van der Waals surface area contributed by atoms with E-state index in [1.54, 1.807) is 0 Å². The molecule has 0 aliphatic carbocycles. The summed E-state index contributed by atoms with van der Waals surface area (Å²) in [6.45, 7) is 0. The van der Waals surface area contributed by atoms with Crippen LogP contribution in [0.25, 0.3) is 0 Å². The van der Waals surface area contributed by atoms with Crippen LogP contribution in [0.1, 0.15) is 0 Å². The third kappa shape index (κ3) is 9.32. The summed E-state index contributed by atoms with van der Waals surface area (Å²) in [5.41, 5.74) is 0. The van der Waals surface area contributed by atoms with E-state index >= 15 is 0 Å². The van der Waals surface area contributed by atoms with Crippen LogP contribution >= 0.6 is 0 Å². The second kappa shape index (κ2) is 9.32. The van der Waals surface area contributed by atoms with Crippen molar-refractivity contribution in [3.63, 3.8) is 0 Å². The summed E-state index contributed by atoms with van der Waals surface area (Å²) in [6.07, 6.45) is 0. The van der Waals surface area contributed by atoms with Gasteiger partial charge in [0.15, 0.2) is 0 Å². The van der Waals surface area contributed by atoms with Crippen molar-refractivity contribution in [1.29, 1.82) is 0 Å². The van der Waals surface area contributed by atoms with Gasteiger partial charge in [-0.3, -0.25) is 0 Å². The fraction of sp³-hybridized carbons (Fsp3) is 0. The van der Waals surface area contributed by atoms with Gasteiger partial charge in [0, 0.05) is 59.1 Å². The maximum atomic E-state index is 9.42. The summed E-state index contributed by atoms with van der Waals surface area (Å²) in [7, 11) is 0. The molecule has 4 nitrogen and oxygen atoms in total. The summed E-state index contributed by atoms with van der Waals surface area (Å²) in [6, 6.07) is 0. The number of aliphatic hydroxyl groups excluding tert-OH is 1. The van der Waals surface area contributed by atoms with Gasteiger partial charge in [0.2, 0.25) is 0 Å². The Bertz CT molecular complexity index is 140. The van der Waals surface area contributed by atoms with E-state index in [9.17, 15) is 9.00 Å². The van der Waals surface area contributed by atoms with Gasteiger partial charge in [-0.05, 0) is 0 Å². The van der Waals surface area contributed by atoms with Crippen LogP contribution in [0.5, 0.6) is 0 Å². The van der Waals surface area contributed by atoms with Crippen molar-refractivity contribution in [1.82, 2.24) is 0 Å². The number of aliphatic hydroxyl groups is 1. The predicted octanol–water partition coefficient (Wildman–Crippen LogP) is -1.79. The van der Waals surface area contributed by atoms with Gasteiger partial charge in [-0.2, -0.15) is 0 Å². The Balaban J connectivity index is -0.000000180. The molecule has 0 aromatic rings. The van der Waals surface area contributed by atoms with Crippen LogP contribution in [0.15, 0.2) is 0 Å². The van der Waals surface area contributed by atoms with Crippen molar-refractivity contribution < 1.29 is 19.2 Å². The van der Waals surface area contributed by atoms with Crippen molar-refractivity contribution in [3.8, 4) is 0 Å². The summed E-state index contributed by atoms with van der Waals surface area (Å²) >= 11 is -0.444. The van der Waals surface area contributed by atoms with Gasteiger partial charge in [0.25, 0.3) is 5.05 Å². The van der Waals surface area contributed by atoms with Crippen LogP contribution in [0, 0.1) is 0 Å². The van der Waals surface area contributed by atoms with Gasteiger partial charge in [0.05, 0.1) is 0 Å². The maximum Gasteiger partial charge on any atom is 0.373 e. The van der Waals surface area contributed by atoms with Crippen molar-refractivity contribution in [2.75, 3.05) is 0 Å². The van der Waals surface area contributed by atoms with Crippen LogP contribution < -0.4 is 0 Å². The average Bonchev–Trinajstić information content (AvgIpc) is 1.65. The molecule has 42 valence electrons. The first-order valence-electron chi connectivity index (χ1n) is 1.27. The molecule has 0 aliphatic heterocycles. The number of rotatable bonds is 0. The minimum absolute atomic E-state index is 0. The Hall–Kier alpha value is 1.32. The number of carboxylic acids is 1. The standard InChI is InChI=1S/C2H2O4S.2Na/c3-1(4)2(5)7-6;;/h5H,(H,3,4);;. The maximum absolute atomic E-state index is 9.42. The summed E-state index contributed by atoms with van der Waals surface area (Å²) < 4.78 is 9.32. The number of aliphatic carboxylic acids is 1. The largest absolute Gasteiger partial charge is 0.475 e. The van der Waals surface area contributed by atoms with Crippen molar-refractivity contribution in [3.05, 3.63) is 0 Å². The van der Waals surface area contributed by atoms with Crippen LogP contribution in [0.3, 0.4) is 0 Å². The molecular formula is C2H2Na2O4S. The molecular weight excluding hydrogens is 166 g/mol. The second-order valence-corrected chi connectivity index (χ2v) is 1.25. The van der Waals surface area contributed by atoms with Crippen molar-refractivity contribution >= 4 is 81.4 Å². The Labute approximate surface area is 99.3 Å². The zero-order valence-electron chi connectivity index (χ0n) is 5.12. The summed E-state index contributed by atoms with van der Waals surface area (Å²) in [5.74, 6) is -1.58. The molecule has 0 aromatic carbocycles. The van der Waals surface area contributed by atoms with Crippen LogP contribution in [-0.4, -0.2) is 84.6 Å². The Morgan fingerprint density at radius 2 is 1.56 bits per heavy atom. The van der Waals surface area contributed by atoms with E-state index in [2.05, 4.69) is 0 Å². The molecule has 0 heterocycles. The van der Waals surface area contributed by atoms with Gasteiger partial charge in [-0.1, -0.05) is 0 Å². The van der Waals surface area contributed by atoms with Gasteiger partial charge in [-0.15, -0.1) is 0 Å². The molecule has 0 rings (SSSR count). The van der Waals surface area contributed by atoms with E-state index in [-0.39, 0.29) is 59.1 Å². The zero-order chi connectivity index (χ0) is 5.86. The number of carboxylic acid groups (broad SMARTS) is 1. The first-order chi connectivity index (χ1) is 3.18. The minimum atomic E-state index is -1.58. The van der Waals surface area contributed by atoms with Gasteiger partial charge in [0.1, 0.15) is 11.3 Å². The SMILES string of the molecule is O=S=C(O)C(=O)O.[Na].[Na]. The quantitative estimate of drug-likeness (QED) is 0.331. The minimum Gasteiger partial charge on any atom is -0.475 e. The molecule has 0 spiro atoms. The second-order valence-electron chi connectivity index (χ2n) is 0.694. The van der Waals surface area contributed by atoms with E-state index in [4.69, 9.17) is 10.2 Å². The number of hydrogen-bond acceptors (Lipinski definition) is 2. The number of carbonyl (C=O) groups is 1.